The standard InChI is InChI=1S/C25H25F2N3O4/c1-3-34-25(32)22-15-23(16-4-7-19(33-2)8-5-16)30(28-22)18-10-12-29(13-11-18)24(31)17-6-9-20(26)21(27)14-17/h4-9,14-15,18H,3,10-13H2,1-2H3. The van der Waals surface area contributed by atoms with Crippen molar-refractivity contribution in [1.82, 2.24) is 14.7 Å². The van der Waals surface area contributed by atoms with Crippen molar-refractivity contribution in [3.8, 4) is 17.0 Å². The predicted octanol–water partition coefficient (Wildman–Crippen LogP) is 4.49. The van der Waals surface area contributed by atoms with Gasteiger partial charge < -0.3 is 14.4 Å². The quantitative estimate of drug-likeness (QED) is 0.498. The highest BCUT2D eigenvalue weighted by Gasteiger charge is 2.28. The van der Waals surface area contributed by atoms with Crippen LogP contribution in [0.2, 0.25) is 0 Å². The van der Waals surface area contributed by atoms with E-state index in [1.165, 1.54) is 6.07 Å². The maximum atomic E-state index is 13.6. The molecule has 34 heavy (non-hydrogen) atoms. The second-order valence-electron chi connectivity index (χ2n) is 7.96. The number of likely N-dealkylation sites (tertiary alicyclic amines) is 1. The number of carbonyl (C=O) groups excluding carboxylic acids is 2. The first kappa shape index (κ1) is 23.4. The van der Waals surface area contributed by atoms with Crippen LogP contribution >= 0.6 is 0 Å². The van der Waals surface area contributed by atoms with E-state index in [1.807, 2.05) is 28.9 Å². The third-order valence-corrected chi connectivity index (χ3v) is 5.87. The van der Waals surface area contributed by atoms with Crippen molar-refractivity contribution in [2.45, 2.75) is 25.8 Å². The van der Waals surface area contributed by atoms with Crippen LogP contribution in [0.15, 0.2) is 48.5 Å². The zero-order valence-electron chi connectivity index (χ0n) is 19.0. The predicted molar refractivity (Wildman–Crippen MR) is 121 cm³/mol. The van der Waals surface area contributed by atoms with Gasteiger partial charge in [-0.15, -0.1) is 0 Å². The van der Waals surface area contributed by atoms with Crippen molar-refractivity contribution in [3.63, 3.8) is 0 Å². The largest absolute Gasteiger partial charge is 0.497 e. The van der Waals surface area contributed by atoms with Gasteiger partial charge in [-0.25, -0.2) is 13.6 Å². The fourth-order valence-corrected chi connectivity index (χ4v) is 4.08. The molecule has 0 atom stereocenters. The molecule has 0 radical (unpaired) electrons. The molecule has 1 saturated heterocycles. The first-order valence-electron chi connectivity index (χ1n) is 11.1. The van der Waals surface area contributed by atoms with Crippen LogP contribution < -0.4 is 4.74 Å². The van der Waals surface area contributed by atoms with Gasteiger partial charge >= 0.3 is 5.97 Å². The van der Waals surface area contributed by atoms with E-state index < -0.39 is 17.6 Å². The van der Waals surface area contributed by atoms with E-state index in [0.29, 0.717) is 31.7 Å². The number of esters is 1. The summed E-state index contributed by atoms with van der Waals surface area (Å²) in [4.78, 5) is 26.7. The number of rotatable bonds is 6. The Balaban J connectivity index is 1.55. The highest BCUT2D eigenvalue weighted by molar-refractivity contribution is 5.94. The lowest BCUT2D eigenvalue weighted by molar-refractivity contribution is 0.0517. The van der Waals surface area contributed by atoms with Crippen LogP contribution in [0.5, 0.6) is 5.75 Å². The maximum Gasteiger partial charge on any atom is 0.358 e. The van der Waals surface area contributed by atoms with Gasteiger partial charge in [-0.3, -0.25) is 9.48 Å². The lowest BCUT2D eigenvalue weighted by Gasteiger charge is -2.33. The summed E-state index contributed by atoms with van der Waals surface area (Å²) in [5.74, 6) is -2.17. The molecule has 2 aromatic carbocycles. The van der Waals surface area contributed by atoms with E-state index >= 15 is 0 Å². The van der Waals surface area contributed by atoms with Crippen LogP contribution in [0.3, 0.4) is 0 Å². The molecule has 178 valence electrons. The van der Waals surface area contributed by atoms with Gasteiger partial charge in [-0.2, -0.15) is 5.10 Å². The van der Waals surface area contributed by atoms with Crippen molar-refractivity contribution in [2.75, 3.05) is 26.8 Å². The number of benzene rings is 2. The summed E-state index contributed by atoms with van der Waals surface area (Å²) in [6.45, 7) is 2.81. The number of hydrogen-bond donors (Lipinski definition) is 0. The second-order valence-corrected chi connectivity index (χ2v) is 7.96. The third kappa shape index (κ3) is 4.78. The fraction of sp³-hybridized carbons (Fsp3) is 0.320. The Morgan fingerprint density at radius 1 is 1.03 bits per heavy atom. The lowest BCUT2D eigenvalue weighted by Crippen LogP contribution is -2.39. The summed E-state index contributed by atoms with van der Waals surface area (Å²) in [7, 11) is 1.59. The first-order valence-corrected chi connectivity index (χ1v) is 11.1. The first-order chi connectivity index (χ1) is 16.4. The molecular weight excluding hydrogens is 444 g/mol. The second kappa shape index (κ2) is 10.0. The topological polar surface area (TPSA) is 73.7 Å². The van der Waals surface area contributed by atoms with Crippen LogP contribution in [0.4, 0.5) is 8.78 Å². The van der Waals surface area contributed by atoms with Crippen molar-refractivity contribution in [2.24, 2.45) is 0 Å². The van der Waals surface area contributed by atoms with Crippen molar-refractivity contribution in [1.29, 1.82) is 0 Å². The molecule has 0 spiro atoms. The smallest absolute Gasteiger partial charge is 0.358 e. The highest BCUT2D eigenvalue weighted by atomic mass is 19.2. The number of nitrogens with zero attached hydrogens (tertiary/aromatic N) is 3. The van der Waals surface area contributed by atoms with Gasteiger partial charge in [-0.1, -0.05) is 0 Å². The van der Waals surface area contributed by atoms with Crippen molar-refractivity contribution in [3.05, 3.63) is 71.4 Å². The van der Waals surface area contributed by atoms with Gasteiger partial charge in [0, 0.05) is 24.2 Å². The van der Waals surface area contributed by atoms with Crippen LogP contribution in [0.1, 0.15) is 46.7 Å². The molecule has 1 aliphatic heterocycles. The van der Waals surface area contributed by atoms with E-state index in [-0.39, 0.29) is 29.8 Å². The number of aromatic nitrogens is 2. The number of hydrogen-bond acceptors (Lipinski definition) is 5. The molecule has 2 heterocycles. The van der Waals surface area contributed by atoms with E-state index in [1.54, 1.807) is 25.0 Å². The van der Waals surface area contributed by atoms with Gasteiger partial charge in [0.05, 0.1) is 25.5 Å². The molecule has 9 heteroatoms. The van der Waals surface area contributed by atoms with Gasteiger partial charge in [0.25, 0.3) is 5.91 Å². The van der Waals surface area contributed by atoms with Crippen LogP contribution in [0.25, 0.3) is 11.3 Å². The minimum Gasteiger partial charge on any atom is -0.497 e. The highest BCUT2D eigenvalue weighted by Crippen LogP contribution is 2.31. The third-order valence-electron chi connectivity index (χ3n) is 5.87. The normalized spacial score (nSPS) is 14.2. The number of carbonyl (C=O) groups is 2. The van der Waals surface area contributed by atoms with Crippen LogP contribution in [-0.4, -0.2) is 53.4 Å². The minimum atomic E-state index is -1.05. The summed E-state index contributed by atoms with van der Waals surface area (Å²) >= 11 is 0. The summed E-state index contributed by atoms with van der Waals surface area (Å²) in [6, 6.07) is 12.3. The Morgan fingerprint density at radius 2 is 1.74 bits per heavy atom. The Labute approximate surface area is 195 Å². The van der Waals surface area contributed by atoms with Crippen LogP contribution in [-0.2, 0) is 4.74 Å². The van der Waals surface area contributed by atoms with E-state index in [0.717, 1.165) is 23.4 Å². The van der Waals surface area contributed by atoms with E-state index in [2.05, 4.69) is 5.10 Å². The Morgan fingerprint density at radius 3 is 2.35 bits per heavy atom. The molecule has 1 aliphatic rings. The zero-order valence-corrected chi connectivity index (χ0v) is 19.0. The molecule has 1 amide bonds. The molecule has 1 aromatic heterocycles. The number of ether oxygens (including phenoxy) is 2. The summed E-state index contributed by atoms with van der Waals surface area (Å²) in [6.07, 6.45) is 1.17. The SMILES string of the molecule is CCOC(=O)c1cc(-c2ccc(OC)cc2)n(C2CCN(C(=O)c3ccc(F)c(F)c3)CC2)n1. The van der Waals surface area contributed by atoms with Gasteiger partial charge in [0.1, 0.15) is 5.75 Å². The van der Waals surface area contributed by atoms with E-state index in [4.69, 9.17) is 9.47 Å². The molecule has 0 unspecified atom stereocenters. The van der Waals surface area contributed by atoms with Crippen molar-refractivity contribution < 1.29 is 27.8 Å². The molecule has 0 N–H and O–H groups in total. The van der Waals surface area contributed by atoms with Crippen molar-refractivity contribution >= 4 is 11.9 Å². The molecule has 0 bridgehead atoms. The number of amides is 1. The molecule has 3 aromatic rings. The van der Waals surface area contributed by atoms with Gasteiger partial charge in [0.15, 0.2) is 17.3 Å². The number of halogens is 2. The minimum absolute atomic E-state index is 0.0608. The molecule has 1 fully saturated rings. The molecule has 7 nitrogen and oxygen atoms in total. The summed E-state index contributed by atoms with van der Waals surface area (Å²) in [5.41, 5.74) is 1.95. The monoisotopic (exact) mass is 469 g/mol. The fourth-order valence-electron chi connectivity index (χ4n) is 4.08. The summed E-state index contributed by atoms with van der Waals surface area (Å²) < 4.78 is 39.0. The zero-order chi connectivity index (χ0) is 24.2. The number of methoxy groups -OCH3 is 1. The Kier molecular flexibility index (Phi) is 6.90. The molecule has 0 aliphatic carbocycles. The summed E-state index contributed by atoms with van der Waals surface area (Å²) in [5, 5.41) is 4.54. The average Bonchev–Trinajstić information content (AvgIpc) is 3.31. The lowest BCUT2D eigenvalue weighted by atomic mass is 10.0. The Bertz CT molecular complexity index is 1190. The average molecular weight is 469 g/mol. The Hall–Kier alpha value is -3.75. The maximum absolute atomic E-state index is 13.6. The van der Waals surface area contributed by atoms with Crippen LogP contribution in [0, 0.1) is 11.6 Å². The van der Waals surface area contributed by atoms with E-state index in [9.17, 15) is 18.4 Å². The van der Waals surface area contributed by atoms with Gasteiger partial charge in [-0.05, 0) is 68.3 Å². The molecule has 4 rings (SSSR count). The molecule has 0 saturated carbocycles. The van der Waals surface area contributed by atoms with Gasteiger partial charge in [0.2, 0.25) is 0 Å². The molecular formula is C25H25F2N3O4. The number of piperidine rings is 1.